The first-order valence-electron chi connectivity index (χ1n) is 7.93. The van der Waals surface area contributed by atoms with Crippen LogP contribution in [-0.4, -0.2) is 18.4 Å². The predicted molar refractivity (Wildman–Crippen MR) is 89.9 cm³/mol. The average molecular weight is 326 g/mol. The van der Waals surface area contributed by atoms with Gasteiger partial charge in [0, 0.05) is 19.5 Å². The lowest BCUT2D eigenvalue weighted by molar-refractivity contribution is -0.126. The van der Waals surface area contributed by atoms with Gasteiger partial charge in [0.05, 0.1) is 11.6 Å². The standard InChI is InChI=1S/C19H19FN2O2/c1-13-5-4-6-14(9-13)11-21-19(24)15-10-18(23)22(12-15)17-8-3-2-7-16(17)20/h2-9,15H,10-12H2,1H3,(H,21,24)/t15-/m0/s1. The summed E-state index contributed by atoms with van der Waals surface area (Å²) in [6.45, 7) is 2.62. The van der Waals surface area contributed by atoms with E-state index in [9.17, 15) is 14.0 Å². The van der Waals surface area contributed by atoms with E-state index in [0.717, 1.165) is 11.1 Å². The fourth-order valence-corrected chi connectivity index (χ4v) is 2.94. The molecular formula is C19H19FN2O2. The van der Waals surface area contributed by atoms with Crippen LogP contribution in [0.2, 0.25) is 0 Å². The summed E-state index contributed by atoms with van der Waals surface area (Å²) in [5.41, 5.74) is 2.37. The van der Waals surface area contributed by atoms with Crippen molar-refractivity contribution >= 4 is 17.5 Å². The third-order valence-electron chi connectivity index (χ3n) is 4.19. The minimum atomic E-state index is -0.457. The van der Waals surface area contributed by atoms with Gasteiger partial charge in [-0.1, -0.05) is 42.0 Å². The van der Waals surface area contributed by atoms with E-state index in [1.807, 2.05) is 31.2 Å². The fraction of sp³-hybridized carbons (Fsp3) is 0.263. The molecule has 1 atom stereocenters. The average Bonchev–Trinajstić information content (AvgIpc) is 2.95. The van der Waals surface area contributed by atoms with Gasteiger partial charge in [0.2, 0.25) is 11.8 Å². The Balaban J connectivity index is 1.63. The van der Waals surface area contributed by atoms with E-state index in [1.54, 1.807) is 18.2 Å². The monoisotopic (exact) mass is 326 g/mol. The number of aryl methyl sites for hydroxylation is 1. The van der Waals surface area contributed by atoms with Gasteiger partial charge in [0.1, 0.15) is 5.82 Å². The van der Waals surface area contributed by atoms with E-state index in [4.69, 9.17) is 0 Å². The molecule has 0 unspecified atom stereocenters. The van der Waals surface area contributed by atoms with Crippen LogP contribution in [0.1, 0.15) is 17.5 Å². The summed E-state index contributed by atoms with van der Waals surface area (Å²) in [7, 11) is 0. The van der Waals surface area contributed by atoms with Crippen LogP contribution in [0.25, 0.3) is 0 Å². The molecule has 1 N–H and O–H groups in total. The molecule has 0 aliphatic carbocycles. The highest BCUT2D eigenvalue weighted by molar-refractivity contribution is 6.00. The van der Waals surface area contributed by atoms with Gasteiger partial charge >= 0.3 is 0 Å². The normalized spacial score (nSPS) is 17.2. The Morgan fingerprint density at radius 3 is 2.79 bits per heavy atom. The second-order valence-electron chi connectivity index (χ2n) is 6.06. The van der Waals surface area contributed by atoms with Gasteiger partial charge in [0.25, 0.3) is 0 Å². The zero-order chi connectivity index (χ0) is 17.1. The molecule has 2 amide bonds. The number of carbonyl (C=O) groups excluding carboxylic acids is 2. The molecule has 1 aliphatic heterocycles. The van der Waals surface area contributed by atoms with Gasteiger partial charge in [-0.3, -0.25) is 9.59 Å². The maximum Gasteiger partial charge on any atom is 0.227 e. The summed E-state index contributed by atoms with van der Waals surface area (Å²) in [5, 5.41) is 2.86. The largest absolute Gasteiger partial charge is 0.352 e. The van der Waals surface area contributed by atoms with Crippen molar-refractivity contribution in [1.29, 1.82) is 0 Å². The zero-order valence-electron chi connectivity index (χ0n) is 13.5. The number of para-hydroxylation sites is 1. The van der Waals surface area contributed by atoms with E-state index in [-0.39, 0.29) is 30.5 Å². The molecule has 0 saturated carbocycles. The van der Waals surface area contributed by atoms with Gasteiger partial charge < -0.3 is 10.2 Å². The van der Waals surface area contributed by atoms with Gasteiger partial charge in [-0.05, 0) is 24.6 Å². The first-order chi connectivity index (χ1) is 11.5. The predicted octanol–water partition coefficient (Wildman–Crippen LogP) is 2.80. The molecule has 1 saturated heterocycles. The van der Waals surface area contributed by atoms with Crippen LogP contribution < -0.4 is 10.2 Å². The highest BCUT2D eigenvalue weighted by Crippen LogP contribution is 2.27. The second kappa shape index (κ2) is 6.83. The summed E-state index contributed by atoms with van der Waals surface area (Å²) in [4.78, 5) is 25.8. The molecule has 1 heterocycles. The molecule has 3 rings (SSSR count). The summed E-state index contributed by atoms with van der Waals surface area (Å²) in [6.07, 6.45) is 0.105. The van der Waals surface area contributed by atoms with Gasteiger partial charge in [-0.15, -0.1) is 0 Å². The Labute approximate surface area is 140 Å². The molecule has 2 aromatic carbocycles. The molecular weight excluding hydrogens is 307 g/mol. The van der Waals surface area contributed by atoms with E-state index in [0.29, 0.717) is 6.54 Å². The summed E-state index contributed by atoms with van der Waals surface area (Å²) in [6, 6.07) is 14.0. The number of hydrogen-bond acceptors (Lipinski definition) is 2. The summed E-state index contributed by atoms with van der Waals surface area (Å²) >= 11 is 0. The molecule has 4 nitrogen and oxygen atoms in total. The third kappa shape index (κ3) is 3.45. The molecule has 1 fully saturated rings. The van der Waals surface area contributed by atoms with Gasteiger partial charge in [-0.2, -0.15) is 0 Å². The van der Waals surface area contributed by atoms with E-state index in [1.165, 1.54) is 11.0 Å². The number of rotatable bonds is 4. The Hall–Kier alpha value is -2.69. The Bertz CT molecular complexity index is 775. The van der Waals surface area contributed by atoms with Crippen LogP contribution in [0.15, 0.2) is 48.5 Å². The smallest absolute Gasteiger partial charge is 0.227 e. The minimum Gasteiger partial charge on any atom is -0.352 e. The number of amides is 2. The van der Waals surface area contributed by atoms with Crippen molar-refractivity contribution in [1.82, 2.24) is 5.32 Å². The number of carbonyl (C=O) groups is 2. The van der Waals surface area contributed by atoms with E-state index in [2.05, 4.69) is 5.32 Å². The fourth-order valence-electron chi connectivity index (χ4n) is 2.94. The van der Waals surface area contributed by atoms with Crippen LogP contribution in [0, 0.1) is 18.7 Å². The minimum absolute atomic E-state index is 0.105. The molecule has 0 bridgehead atoms. The number of hydrogen-bond donors (Lipinski definition) is 1. The number of halogens is 1. The van der Waals surface area contributed by atoms with E-state index >= 15 is 0 Å². The van der Waals surface area contributed by atoms with Crippen LogP contribution in [0.5, 0.6) is 0 Å². The van der Waals surface area contributed by atoms with Crippen molar-refractivity contribution in [2.24, 2.45) is 5.92 Å². The van der Waals surface area contributed by atoms with Crippen molar-refractivity contribution in [2.45, 2.75) is 19.9 Å². The lowest BCUT2D eigenvalue weighted by atomic mass is 10.1. The van der Waals surface area contributed by atoms with Crippen molar-refractivity contribution in [3.63, 3.8) is 0 Å². The maximum absolute atomic E-state index is 13.9. The number of anilines is 1. The molecule has 1 aliphatic rings. The molecule has 5 heteroatoms. The Morgan fingerprint density at radius 1 is 1.25 bits per heavy atom. The van der Waals surface area contributed by atoms with Crippen LogP contribution in [-0.2, 0) is 16.1 Å². The molecule has 0 radical (unpaired) electrons. The Morgan fingerprint density at radius 2 is 2.04 bits per heavy atom. The quantitative estimate of drug-likeness (QED) is 0.939. The van der Waals surface area contributed by atoms with Gasteiger partial charge in [0.15, 0.2) is 0 Å². The lowest BCUT2D eigenvalue weighted by Crippen LogP contribution is -2.32. The molecule has 2 aromatic rings. The lowest BCUT2D eigenvalue weighted by Gasteiger charge is -2.17. The van der Waals surface area contributed by atoms with Gasteiger partial charge in [-0.25, -0.2) is 4.39 Å². The van der Waals surface area contributed by atoms with E-state index < -0.39 is 11.7 Å². The van der Waals surface area contributed by atoms with Crippen LogP contribution in [0.4, 0.5) is 10.1 Å². The highest BCUT2D eigenvalue weighted by atomic mass is 19.1. The topological polar surface area (TPSA) is 49.4 Å². The van der Waals surface area contributed by atoms with Crippen molar-refractivity contribution in [3.8, 4) is 0 Å². The summed E-state index contributed by atoms with van der Waals surface area (Å²) < 4.78 is 13.9. The van der Waals surface area contributed by atoms with Crippen LogP contribution in [0.3, 0.4) is 0 Å². The highest BCUT2D eigenvalue weighted by Gasteiger charge is 2.35. The number of benzene rings is 2. The molecule has 24 heavy (non-hydrogen) atoms. The number of nitrogens with one attached hydrogen (secondary N) is 1. The van der Waals surface area contributed by atoms with Crippen molar-refractivity contribution < 1.29 is 14.0 Å². The molecule has 0 spiro atoms. The van der Waals surface area contributed by atoms with Crippen molar-refractivity contribution in [3.05, 3.63) is 65.5 Å². The Kier molecular flexibility index (Phi) is 4.60. The second-order valence-corrected chi connectivity index (χ2v) is 6.06. The molecule has 124 valence electrons. The first-order valence-corrected chi connectivity index (χ1v) is 7.93. The third-order valence-corrected chi connectivity index (χ3v) is 4.19. The van der Waals surface area contributed by atoms with Crippen molar-refractivity contribution in [2.75, 3.05) is 11.4 Å². The summed E-state index contributed by atoms with van der Waals surface area (Å²) in [5.74, 6) is -1.31. The number of nitrogens with zero attached hydrogens (tertiary/aromatic N) is 1. The SMILES string of the molecule is Cc1cccc(CNC(=O)[C@H]2CC(=O)N(c3ccccc3F)C2)c1. The first kappa shape index (κ1) is 16.2. The molecule has 0 aromatic heterocycles. The van der Waals surface area contributed by atoms with Crippen LogP contribution >= 0.6 is 0 Å². The maximum atomic E-state index is 13.9. The zero-order valence-corrected chi connectivity index (χ0v) is 13.5.